The number of carboxylic acids is 6. The van der Waals surface area contributed by atoms with Crippen molar-refractivity contribution < 1.29 is 59.4 Å². The van der Waals surface area contributed by atoms with Gasteiger partial charge in [-0.15, -0.1) is 0 Å². The number of allylic oxidation sites excluding steroid dienone is 3. The molecule has 0 spiro atoms. The largest absolute Gasteiger partial charge is 3.00 e. The molecule has 0 heterocycles. The van der Waals surface area contributed by atoms with Crippen LogP contribution in [0.2, 0.25) is 0 Å². The molecule has 6 atom stereocenters. The molecule has 6 aliphatic rings. The Labute approximate surface area is 256 Å². The first-order valence-corrected chi connectivity index (χ1v) is 12.6. The van der Waals surface area contributed by atoms with Crippen molar-refractivity contribution in [2.24, 2.45) is 34.0 Å². The first kappa shape index (κ1) is 34.3. The van der Waals surface area contributed by atoms with Crippen LogP contribution in [0.1, 0.15) is 57.8 Å². The predicted octanol–water partition coefficient (Wildman–Crippen LogP) is -6.12. The van der Waals surface area contributed by atoms with Gasteiger partial charge in [-0.25, -0.2) is 0 Å². The molecule has 0 N–H and O–H groups in total. The summed E-state index contributed by atoms with van der Waals surface area (Å²) in [5.74, 6) is -7.67. The van der Waals surface area contributed by atoms with Gasteiger partial charge in [-0.3, -0.25) is 0 Å². The van der Waals surface area contributed by atoms with Gasteiger partial charge < -0.3 is 59.4 Å². The van der Waals surface area contributed by atoms with E-state index < -0.39 is 52.1 Å². The van der Waals surface area contributed by atoms with Gasteiger partial charge in [0.15, 0.2) is 0 Å². The Kier molecular flexibility index (Phi) is 10.2. The molecule has 0 amide bonds. The fraction of sp³-hybridized carbons (Fsp3) is 0.556. The summed E-state index contributed by atoms with van der Waals surface area (Å²) < 4.78 is 0. The summed E-state index contributed by atoms with van der Waals surface area (Å²) >= 11 is 0. The molecule has 0 aromatic carbocycles. The van der Waals surface area contributed by atoms with Gasteiger partial charge in [0.25, 0.3) is 0 Å². The predicted molar refractivity (Wildman–Crippen MR) is 125 cm³/mol. The first-order valence-electron chi connectivity index (χ1n) is 12.6. The summed E-state index contributed by atoms with van der Waals surface area (Å²) in [7, 11) is 0. The minimum atomic E-state index is -1.37. The van der Waals surface area contributed by atoms with E-state index in [0.717, 1.165) is 19.3 Å². The average Bonchev–Trinajstić information content (AvgIpc) is 3.70. The molecular formula is C27H24Al2O12. The minimum absolute atomic E-state index is 0. The van der Waals surface area contributed by atoms with Crippen LogP contribution in [0.3, 0.4) is 0 Å². The van der Waals surface area contributed by atoms with E-state index in [1.807, 2.05) is 0 Å². The van der Waals surface area contributed by atoms with Crippen LogP contribution in [0.4, 0.5) is 0 Å². The van der Waals surface area contributed by atoms with Crippen molar-refractivity contribution in [3.8, 4) is 0 Å². The van der Waals surface area contributed by atoms with Crippen molar-refractivity contribution in [3.63, 3.8) is 0 Å². The smallest absolute Gasteiger partial charge is 0.549 e. The molecule has 6 rings (SSSR count). The van der Waals surface area contributed by atoms with Crippen molar-refractivity contribution in [1.82, 2.24) is 0 Å². The maximum absolute atomic E-state index is 10.9. The molecule has 210 valence electrons. The molecule has 3 fully saturated rings. The maximum atomic E-state index is 10.9. The number of rotatable bonds is 6. The number of carboxylic acid groups (broad SMARTS) is 6. The number of aliphatic carboxylic acids is 6. The van der Waals surface area contributed by atoms with E-state index in [-0.39, 0.29) is 69.2 Å². The van der Waals surface area contributed by atoms with Crippen LogP contribution in [0, 0.1) is 34.0 Å². The molecule has 14 heteroatoms. The second kappa shape index (κ2) is 12.1. The maximum Gasteiger partial charge on any atom is 3.00 e. The third kappa shape index (κ3) is 5.63. The number of fused-ring (bicyclic) bond motifs is 6. The van der Waals surface area contributed by atoms with Gasteiger partial charge in [-0.1, -0.05) is 18.2 Å². The molecule has 12 nitrogen and oxygen atoms in total. The van der Waals surface area contributed by atoms with E-state index in [1.165, 1.54) is 18.2 Å². The standard InChI is InChI=1S/3C9H10O4.2Al/c3*10-7(11)6-3-5-1-2-9(6,4-5)8(12)13;;/h3*3,5H,1-2,4H2,(H,10,11)(H,12,13);;/q;;;2*+3/p-6. The van der Waals surface area contributed by atoms with Crippen LogP contribution in [0.15, 0.2) is 34.9 Å². The summed E-state index contributed by atoms with van der Waals surface area (Å²) in [5, 5.41) is 64.5. The normalized spacial score (nSPS) is 34.2. The number of carbonyl (C=O) groups excluding carboxylic acids is 6. The molecular weight excluding hydrogens is 570 g/mol. The Morgan fingerprint density at radius 1 is 0.488 bits per heavy atom. The molecule has 0 aromatic rings. The van der Waals surface area contributed by atoms with Crippen LogP contribution in [-0.4, -0.2) is 70.5 Å². The fourth-order valence-corrected chi connectivity index (χ4v) is 7.27. The van der Waals surface area contributed by atoms with Gasteiger partial charge in [-0.05, 0) is 92.3 Å². The van der Waals surface area contributed by atoms with E-state index in [4.69, 9.17) is 0 Å². The number of hydrogen-bond donors (Lipinski definition) is 0. The molecule has 0 aromatic heterocycles. The van der Waals surface area contributed by atoms with Gasteiger partial charge in [-0.2, -0.15) is 0 Å². The Hall–Kier alpha value is -2.90. The van der Waals surface area contributed by atoms with Gasteiger partial charge in [0, 0.05) is 16.2 Å². The van der Waals surface area contributed by atoms with Crippen LogP contribution in [-0.2, 0) is 28.8 Å². The topological polar surface area (TPSA) is 241 Å². The van der Waals surface area contributed by atoms with Gasteiger partial charge in [0.2, 0.25) is 0 Å². The van der Waals surface area contributed by atoms with E-state index in [1.54, 1.807) is 0 Å². The first-order chi connectivity index (χ1) is 18.2. The third-order valence-corrected chi connectivity index (χ3v) is 9.24. The van der Waals surface area contributed by atoms with Crippen molar-refractivity contribution in [2.75, 3.05) is 0 Å². The van der Waals surface area contributed by atoms with E-state index in [2.05, 4.69) is 0 Å². The third-order valence-electron chi connectivity index (χ3n) is 9.24. The molecule has 3 saturated carbocycles. The summed E-state index contributed by atoms with van der Waals surface area (Å²) in [6.07, 6.45) is 8.99. The summed E-state index contributed by atoms with van der Waals surface area (Å²) in [6, 6.07) is 0. The van der Waals surface area contributed by atoms with Crippen molar-refractivity contribution in [2.45, 2.75) is 57.8 Å². The summed E-state index contributed by atoms with van der Waals surface area (Å²) in [6.45, 7) is 0. The van der Waals surface area contributed by atoms with Crippen LogP contribution in [0.25, 0.3) is 0 Å². The van der Waals surface area contributed by atoms with E-state index >= 15 is 0 Å². The second-order valence-electron chi connectivity index (χ2n) is 11.2. The Morgan fingerprint density at radius 2 is 0.707 bits per heavy atom. The molecule has 0 aliphatic heterocycles. The zero-order valence-electron chi connectivity index (χ0n) is 21.9. The molecule has 6 aliphatic carbocycles. The van der Waals surface area contributed by atoms with Gasteiger partial charge >= 0.3 is 34.7 Å². The van der Waals surface area contributed by atoms with E-state index in [9.17, 15) is 59.4 Å². The van der Waals surface area contributed by atoms with Gasteiger partial charge in [0.1, 0.15) is 0 Å². The van der Waals surface area contributed by atoms with Crippen molar-refractivity contribution in [3.05, 3.63) is 34.9 Å². The summed E-state index contributed by atoms with van der Waals surface area (Å²) in [5.41, 5.74) is -3.98. The van der Waals surface area contributed by atoms with Crippen LogP contribution in [0.5, 0.6) is 0 Å². The Bertz CT molecular complexity index is 1120. The minimum Gasteiger partial charge on any atom is -0.549 e. The SMILES string of the molecule is O=C([O-])C1=CC2CCC1(C(=O)[O-])C2.O=C([O-])C1=CC2CCC1(C(=O)[O-])C2.O=C([O-])C1=CC2CCC1(C(=O)[O-])C2.[Al+3].[Al+3]. The Morgan fingerprint density at radius 3 is 0.829 bits per heavy atom. The zero-order valence-corrected chi connectivity index (χ0v) is 24.2. The van der Waals surface area contributed by atoms with Gasteiger partial charge in [0.05, 0.1) is 35.8 Å². The molecule has 41 heavy (non-hydrogen) atoms. The average molecular weight is 594 g/mol. The number of hydrogen-bond acceptors (Lipinski definition) is 12. The Balaban J connectivity index is 0.000000210. The van der Waals surface area contributed by atoms with Crippen LogP contribution >= 0.6 is 0 Å². The molecule has 0 radical (unpaired) electrons. The second-order valence-corrected chi connectivity index (χ2v) is 11.2. The zero-order chi connectivity index (χ0) is 28.9. The summed E-state index contributed by atoms with van der Waals surface area (Å²) in [4.78, 5) is 64.5. The molecule has 6 bridgehead atoms. The fourth-order valence-electron chi connectivity index (χ4n) is 7.27. The molecule has 0 saturated heterocycles. The van der Waals surface area contributed by atoms with Crippen molar-refractivity contribution in [1.29, 1.82) is 0 Å². The van der Waals surface area contributed by atoms with Crippen LogP contribution < -0.4 is 30.6 Å². The molecule has 6 unspecified atom stereocenters. The quantitative estimate of drug-likeness (QED) is 0.261. The van der Waals surface area contributed by atoms with Crippen molar-refractivity contribution >= 4 is 70.5 Å². The monoisotopic (exact) mass is 594 g/mol. The number of carbonyl (C=O) groups is 6. The van der Waals surface area contributed by atoms with E-state index in [0.29, 0.717) is 38.5 Å².